The summed E-state index contributed by atoms with van der Waals surface area (Å²) in [6.45, 7) is 3.49. The van der Waals surface area contributed by atoms with E-state index in [1.807, 2.05) is 0 Å². The van der Waals surface area contributed by atoms with E-state index in [0.29, 0.717) is 17.1 Å². The number of hydrogen-bond donors (Lipinski definition) is 3. The van der Waals surface area contributed by atoms with Crippen LogP contribution in [0.1, 0.15) is 24.2 Å². The van der Waals surface area contributed by atoms with E-state index in [0.717, 1.165) is 0 Å². The van der Waals surface area contributed by atoms with Gasteiger partial charge in [0.25, 0.3) is 0 Å². The van der Waals surface area contributed by atoms with E-state index in [9.17, 15) is 9.59 Å². The Morgan fingerprint density at radius 1 is 1.30 bits per heavy atom. The summed E-state index contributed by atoms with van der Waals surface area (Å²) in [6, 6.07) is 4.57. The molecule has 0 spiro atoms. The van der Waals surface area contributed by atoms with Crippen molar-refractivity contribution in [3.63, 3.8) is 0 Å². The second kappa shape index (κ2) is 6.25. The van der Waals surface area contributed by atoms with Gasteiger partial charge in [-0.2, -0.15) is 0 Å². The molecule has 0 aliphatic heterocycles. The predicted molar refractivity (Wildman–Crippen MR) is 73.1 cm³/mol. The molecule has 0 saturated carbocycles. The second-order valence-electron chi connectivity index (χ2n) is 4.88. The summed E-state index contributed by atoms with van der Waals surface area (Å²) >= 11 is 0. The summed E-state index contributed by atoms with van der Waals surface area (Å²) in [5.74, 6) is 4.98. The van der Waals surface area contributed by atoms with E-state index < -0.39 is 11.3 Å². The first-order valence-electron chi connectivity index (χ1n) is 5.93. The fourth-order valence-corrected chi connectivity index (χ4v) is 1.46. The standard InChI is InChI=1S/C13H19N3O4/c1-13(2,12(18)16-15)7-20-9-5-4-8(11(14)17)6-10(9)19-3/h4-6H,7,15H2,1-3H3,(H2,14,17)(H,16,18). The number of nitrogens with two attached hydrogens (primary N) is 2. The average molecular weight is 281 g/mol. The van der Waals surface area contributed by atoms with Gasteiger partial charge < -0.3 is 15.2 Å². The van der Waals surface area contributed by atoms with Gasteiger partial charge in [0, 0.05) is 5.56 Å². The lowest BCUT2D eigenvalue weighted by atomic mass is 9.94. The van der Waals surface area contributed by atoms with Crippen LogP contribution in [-0.2, 0) is 4.79 Å². The van der Waals surface area contributed by atoms with Crippen molar-refractivity contribution in [1.29, 1.82) is 0 Å². The second-order valence-corrected chi connectivity index (χ2v) is 4.88. The zero-order chi connectivity index (χ0) is 15.3. The third-order valence-corrected chi connectivity index (χ3v) is 2.78. The van der Waals surface area contributed by atoms with E-state index in [2.05, 4.69) is 5.43 Å². The number of hydrazine groups is 1. The molecule has 0 aromatic heterocycles. The first-order valence-corrected chi connectivity index (χ1v) is 5.93. The van der Waals surface area contributed by atoms with Gasteiger partial charge in [-0.3, -0.25) is 15.0 Å². The van der Waals surface area contributed by atoms with Gasteiger partial charge in [-0.25, -0.2) is 5.84 Å². The lowest BCUT2D eigenvalue weighted by Gasteiger charge is -2.23. The van der Waals surface area contributed by atoms with Crippen LogP contribution < -0.4 is 26.5 Å². The summed E-state index contributed by atoms with van der Waals surface area (Å²) in [4.78, 5) is 22.6. The van der Waals surface area contributed by atoms with E-state index in [-0.39, 0.29) is 12.5 Å². The van der Waals surface area contributed by atoms with Gasteiger partial charge in [0.15, 0.2) is 11.5 Å². The highest BCUT2D eigenvalue weighted by Gasteiger charge is 2.28. The van der Waals surface area contributed by atoms with Gasteiger partial charge in [0.1, 0.15) is 6.61 Å². The van der Waals surface area contributed by atoms with Gasteiger partial charge in [-0.15, -0.1) is 0 Å². The number of benzene rings is 1. The molecule has 2 amide bonds. The molecule has 7 heteroatoms. The Kier molecular flexibility index (Phi) is 4.93. The number of carbonyl (C=O) groups excluding carboxylic acids is 2. The van der Waals surface area contributed by atoms with Crippen molar-refractivity contribution < 1.29 is 19.1 Å². The molecular weight excluding hydrogens is 262 g/mol. The van der Waals surface area contributed by atoms with E-state index in [1.54, 1.807) is 19.9 Å². The largest absolute Gasteiger partial charge is 0.493 e. The Balaban J connectivity index is 2.88. The third kappa shape index (κ3) is 3.61. The van der Waals surface area contributed by atoms with E-state index in [4.69, 9.17) is 21.1 Å². The predicted octanol–water partition coefficient (Wildman–Crippen LogP) is 0.189. The molecule has 0 radical (unpaired) electrons. The number of rotatable bonds is 6. The summed E-state index contributed by atoms with van der Waals surface area (Å²) in [6.07, 6.45) is 0. The minimum absolute atomic E-state index is 0.0995. The molecule has 0 saturated heterocycles. The minimum atomic E-state index is -0.803. The number of carbonyl (C=O) groups is 2. The van der Waals surface area contributed by atoms with Gasteiger partial charge >= 0.3 is 0 Å². The highest BCUT2D eigenvalue weighted by molar-refractivity contribution is 5.93. The van der Waals surface area contributed by atoms with Crippen molar-refractivity contribution >= 4 is 11.8 Å². The normalized spacial score (nSPS) is 10.8. The molecule has 110 valence electrons. The summed E-state index contributed by atoms with van der Waals surface area (Å²) in [5.41, 5.74) is 6.78. The SMILES string of the molecule is COc1cc(C(N)=O)ccc1OCC(C)(C)C(=O)NN. The van der Waals surface area contributed by atoms with E-state index in [1.165, 1.54) is 19.2 Å². The molecule has 20 heavy (non-hydrogen) atoms. The third-order valence-electron chi connectivity index (χ3n) is 2.78. The summed E-state index contributed by atoms with van der Waals surface area (Å²) in [7, 11) is 1.45. The number of hydrogen-bond acceptors (Lipinski definition) is 5. The van der Waals surface area contributed by atoms with Gasteiger partial charge in [-0.05, 0) is 32.0 Å². The zero-order valence-corrected chi connectivity index (χ0v) is 11.7. The van der Waals surface area contributed by atoms with Crippen molar-refractivity contribution in [2.24, 2.45) is 17.0 Å². The van der Waals surface area contributed by atoms with Crippen LogP contribution in [0.2, 0.25) is 0 Å². The molecule has 1 aromatic carbocycles. The zero-order valence-electron chi connectivity index (χ0n) is 11.7. The maximum atomic E-state index is 11.5. The van der Waals surface area contributed by atoms with Crippen LogP contribution in [0.5, 0.6) is 11.5 Å². The first kappa shape index (κ1) is 15.8. The molecule has 0 fully saturated rings. The highest BCUT2D eigenvalue weighted by Crippen LogP contribution is 2.29. The number of nitrogens with one attached hydrogen (secondary N) is 1. The van der Waals surface area contributed by atoms with Crippen LogP contribution in [0.3, 0.4) is 0 Å². The minimum Gasteiger partial charge on any atom is -0.493 e. The fraction of sp³-hybridized carbons (Fsp3) is 0.385. The van der Waals surface area contributed by atoms with Gasteiger partial charge in [0.2, 0.25) is 11.8 Å². The van der Waals surface area contributed by atoms with Crippen LogP contribution in [-0.4, -0.2) is 25.5 Å². The molecule has 1 aromatic rings. The fourth-order valence-electron chi connectivity index (χ4n) is 1.46. The molecule has 1 rings (SSSR count). The van der Waals surface area contributed by atoms with Crippen molar-refractivity contribution in [2.75, 3.05) is 13.7 Å². The molecule has 7 nitrogen and oxygen atoms in total. The number of methoxy groups -OCH3 is 1. The van der Waals surface area contributed by atoms with Crippen molar-refractivity contribution in [3.05, 3.63) is 23.8 Å². The molecule has 0 bridgehead atoms. The maximum absolute atomic E-state index is 11.5. The average Bonchev–Trinajstić information content (AvgIpc) is 2.43. The Bertz CT molecular complexity index is 514. The Labute approximate surface area is 117 Å². The van der Waals surface area contributed by atoms with Crippen LogP contribution in [0.25, 0.3) is 0 Å². The first-order chi connectivity index (χ1) is 9.31. The van der Waals surface area contributed by atoms with Crippen LogP contribution in [0, 0.1) is 5.41 Å². The van der Waals surface area contributed by atoms with Crippen LogP contribution >= 0.6 is 0 Å². The van der Waals surface area contributed by atoms with Crippen molar-refractivity contribution in [2.45, 2.75) is 13.8 Å². The van der Waals surface area contributed by atoms with E-state index >= 15 is 0 Å². The number of primary amides is 1. The number of amides is 2. The molecule has 0 heterocycles. The maximum Gasteiger partial charge on any atom is 0.248 e. The molecular formula is C13H19N3O4. The lowest BCUT2D eigenvalue weighted by Crippen LogP contribution is -2.44. The van der Waals surface area contributed by atoms with Crippen LogP contribution in [0.15, 0.2) is 18.2 Å². The van der Waals surface area contributed by atoms with Gasteiger partial charge in [0.05, 0.1) is 12.5 Å². The van der Waals surface area contributed by atoms with Crippen molar-refractivity contribution in [1.82, 2.24) is 5.43 Å². The van der Waals surface area contributed by atoms with Gasteiger partial charge in [-0.1, -0.05) is 0 Å². The Hall–Kier alpha value is -2.28. The van der Waals surface area contributed by atoms with Crippen molar-refractivity contribution in [3.8, 4) is 11.5 Å². The summed E-state index contributed by atoms with van der Waals surface area (Å²) < 4.78 is 10.7. The lowest BCUT2D eigenvalue weighted by molar-refractivity contribution is -0.130. The number of ether oxygens (including phenoxy) is 2. The summed E-state index contributed by atoms with van der Waals surface area (Å²) in [5, 5.41) is 0. The quantitative estimate of drug-likeness (QED) is 0.391. The highest BCUT2D eigenvalue weighted by atomic mass is 16.5. The Morgan fingerprint density at radius 2 is 1.95 bits per heavy atom. The molecule has 0 aliphatic rings. The monoisotopic (exact) mass is 281 g/mol. The smallest absolute Gasteiger partial charge is 0.248 e. The molecule has 0 aliphatic carbocycles. The molecule has 0 atom stereocenters. The topological polar surface area (TPSA) is 117 Å². The molecule has 5 N–H and O–H groups in total. The molecule has 0 unspecified atom stereocenters. The Morgan fingerprint density at radius 3 is 2.45 bits per heavy atom. The van der Waals surface area contributed by atoms with Crippen LogP contribution in [0.4, 0.5) is 0 Å².